The average Bonchev–Trinajstić information content (AvgIpc) is 2.99. The van der Waals surface area contributed by atoms with Crippen LogP contribution in [0.4, 0.5) is 8.78 Å². The van der Waals surface area contributed by atoms with Crippen molar-refractivity contribution in [3.05, 3.63) is 82.1 Å². The van der Waals surface area contributed by atoms with Crippen molar-refractivity contribution in [2.75, 3.05) is 6.61 Å². The Hall–Kier alpha value is -3.48. The maximum atomic E-state index is 13.3. The van der Waals surface area contributed by atoms with Gasteiger partial charge in [0, 0.05) is 28.3 Å². The van der Waals surface area contributed by atoms with Crippen molar-refractivity contribution < 1.29 is 27.8 Å². The average molecular weight is 411 g/mol. The van der Waals surface area contributed by atoms with Gasteiger partial charge in [-0.2, -0.15) is 8.78 Å². The number of ketones is 1. The second kappa shape index (κ2) is 7.74. The number of rotatable bonds is 5. The van der Waals surface area contributed by atoms with Crippen molar-refractivity contribution in [1.82, 2.24) is 5.32 Å². The first-order chi connectivity index (χ1) is 14.4. The lowest BCUT2D eigenvalue weighted by atomic mass is 9.80. The highest BCUT2D eigenvalue weighted by molar-refractivity contribution is 6.23. The van der Waals surface area contributed by atoms with Crippen LogP contribution in [0.2, 0.25) is 0 Å². The fourth-order valence-corrected chi connectivity index (χ4v) is 3.98. The van der Waals surface area contributed by atoms with Crippen molar-refractivity contribution in [1.29, 1.82) is 0 Å². The van der Waals surface area contributed by atoms with E-state index in [1.54, 1.807) is 38.1 Å². The number of hydrogen-bond donors (Lipinski definition) is 1. The third-order valence-corrected chi connectivity index (χ3v) is 5.18. The number of hydrogen-bond acceptors (Lipinski definition) is 5. The number of fused-ring (bicyclic) bond motifs is 2. The van der Waals surface area contributed by atoms with E-state index in [2.05, 4.69) is 10.1 Å². The summed E-state index contributed by atoms with van der Waals surface area (Å²) in [5.74, 6) is -1.41. The summed E-state index contributed by atoms with van der Waals surface area (Å²) < 4.78 is 34.7. The van der Waals surface area contributed by atoms with Gasteiger partial charge in [-0.15, -0.1) is 0 Å². The SMILES string of the molecule is CCOC(=O)C1=C(C)NC2=C(C(=O)c3ccccc32)[C@H]1c1ccc(OC(F)F)cc1. The topological polar surface area (TPSA) is 64.6 Å². The molecule has 0 aromatic heterocycles. The number of ether oxygens (including phenoxy) is 2. The summed E-state index contributed by atoms with van der Waals surface area (Å²) in [5, 5.41) is 3.21. The Kier molecular flexibility index (Phi) is 5.11. The van der Waals surface area contributed by atoms with E-state index in [0.717, 1.165) is 5.56 Å². The first-order valence-corrected chi connectivity index (χ1v) is 9.50. The molecule has 1 aliphatic heterocycles. The Morgan fingerprint density at radius 1 is 1.10 bits per heavy atom. The van der Waals surface area contributed by atoms with Crippen LogP contribution in [-0.4, -0.2) is 25.0 Å². The van der Waals surface area contributed by atoms with Gasteiger partial charge in [-0.1, -0.05) is 36.4 Å². The third-order valence-electron chi connectivity index (χ3n) is 5.18. The zero-order chi connectivity index (χ0) is 21.4. The molecule has 2 aromatic carbocycles. The van der Waals surface area contributed by atoms with Gasteiger partial charge in [-0.25, -0.2) is 4.79 Å². The second-order valence-electron chi connectivity index (χ2n) is 6.93. The summed E-state index contributed by atoms with van der Waals surface area (Å²) in [6.45, 7) is 0.704. The van der Waals surface area contributed by atoms with Crippen LogP contribution in [-0.2, 0) is 9.53 Å². The Morgan fingerprint density at radius 3 is 2.40 bits per heavy atom. The number of halogens is 2. The molecule has 1 heterocycles. The van der Waals surface area contributed by atoms with Crippen LogP contribution in [0.1, 0.15) is 41.3 Å². The van der Waals surface area contributed by atoms with Crippen molar-refractivity contribution in [2.24, 2.45) is 0 Å². The summed E-state index contributed by atoms with van der Waals surface area (Å²) >= 11 is 0. The molecule has 0 spiro atoms. The van der Waals surface area contributed by atoms with E-state index in [0.29, 0.717) is 33.7 Å². The van der Waals surface area contributed by atoms with Gasteiger partial charge < -0.3 is 14.8 Å². The number of Topliss-reactive ketones (excluding diaryl/α,β-unsaturated/α-hetero) is 1. The molecule has 0 bridgehead atoms. The Bertz CT molecular complexity index is 1090. The zero-order valence-corrected chi connectivity index (χ0v) is 16.4. The molecule has 1 aliphatic carbocycles. The molecule has 30 heavy (non-hydrogen) atoms. The number of carbonyl (C=O) groups excluding carboxylic acids is 2. The molecule has 1 N–H and O–H groups in total. The molecule has 0 amide bonds. The van der Waals surface area contributed by atoms with Crippen LogP contribution in [0.5, 0.6) is 5.75 Å². The third kappa shape index (κ3) is 3.26. The van der Waals surface area contributed by atoms with E-state index in [4.69, 9.17) is 4.74 Å². The van der Waals surface area contributed by atoms with E-state index in [1.807, 2.05) is 12.1 Å². The number of dihydropyridines is 1. The Labute approximate surface area is 172 Å². The second-order valence-corrected chi connectivity index (χ2v) is 6.93. The number of alkyl halides is 2. The largest absolute Gasteiger partial charge is 0.463 e. The molecular weight excluding hydrogens is 392 g/mol. The van der Waals surface area contributed by atoms with Gasteiger partial charge in [-0.05, 0) is 31.5 Å². The van der Waals surface area contributed by atoms with Crippen LogP contribution < -0.4 is 10.1 Å². The number of benzene rings is 2. The van der Waals surface area contributed by atoms with Gasteiger partial charge in [0.1, 0.15) is 5.75 Å². The molecule has 0 unspecified atom stereocenters. The van der Waals surface area contributed by atoms with Crippen LogP contribution >= 0.6 is 0 Å². The first-order valence-electron chi connectivity index (χ1n) is 9.50. The van der Waals surface area contributed by atoms with E-state index < -0.39 is 18.5 Å². The fraction of sp³-hybridized carbons (Fsp3) is 0.217. The lowest BCUT2D eigenvalue weighted by Gasteiger charge is -2.29. The number of nitrogens with one attached hydrogen (secondary N) is 1. The molecule has 2 aliphatic rings. The lowest BCUT2D eigenvalue weighted by Crippen LogP contribution is -2.29. The van der Waals surface area contributed by atoms with Gasteiger partial charge in [0.15, 0.2) is 5.78 Å². The molecule has 0 radical (unpaired) electrons. The van der Waals surface area contributed by atoms with Gasteiger partial charge in [0.05, 0.1) is 17.9 Å². The van der Waals surface area contributed by atoms with Gasteiger partial charge in [0.25, 0.3) is 0 Å². The van der Waals surface area contributed by atoms with Crippen molar-refractivity contribution >= 4 is 17.4 Å². The summed E-state index contributed by atoms with van der Waals surface area (Å²) in [6, 6.07) is 13.2. The van der Waals surface area contributed by atoms with Crippen molar-refractivity contribution in [2.45, 2.75) is 26.4 Å². The molecule has 0 fully saturated rings. The highest BCUT2D eigenvalue weighted by Gasteiger charge is 2.42. The van der Waals surface area contributed by atoms with Crippen LogP contribution in [0.25, 0.3) is 5.70 Å². The highest BCUT2D eigenvalue weighted by Crippen LogP contribution is 2.46. The zero-order valence-electron chi connectivity index (χ0n) is 16.4. The molecule has 2 aromatic rings. The minimum Gasteiger partial charge on any atom is -0.463 e. The number of allylic oxidation sites excluding steroid dienone is 2. The molecule has 0 saturated heterocycles. The van der Waals surface area contributed by atoms with Crippen LogP contribution in [0, 0.1) is 0 Å². The molecule has 4 rings (SSSR count). The minimum absolute atomic E-state index is 0.00342. The molecule has 154 valence electrons. The minimum atomic E-state index is -2.94. The smallest absolute Gasteiger partial charge is 0.387 e. The lowest BCUT2D eigenvalue weighted by molar-refractivity contribution is -0.138. The maximum absolute atomic E-state index is 13.3. The Morgan fingerprint density at radius 2 is 1.77 bits per heavy atom. The summed E-state index contributed by atoms with van der Waals surface area (Å²) in [4.78, 5) is 26.1. The molecule has 7 heteroatoms. The van der Waals surface area contributed by atoms with E-state index >= 15 is 0 Å². The van der Waals surface area contributed by atoms with E-state index in [-0.39, 0.29) is 18.1 Å². The van der Waals surface area contributed by atoms with Gasteiger partial charge in [0.2, 0.25) is 0 Å². The predicted molar refractivity (Wildman–Crippen MR) is 106 cm³/mol. The van der Waals surface area contributed by atoms with E-state index in [1.165, 1.54) is 12.1 Å². The van der Waals surface area contributed by atoms with Crippen molar-refractivity contribution in [3.63, 3.8) is 0 Å². The summed E-state index contributed by atoms with van der Waals surface area (Å²) in [5.41, 5.74) is 3.91. The molecule has 1 atom stereocenters. The number of carbonyl (C=O) groups is 2. The molecule has 5 nitrogen and oxygen atoms in total. The van der Waals surface area contributed by atoms with E-state index in [9.17, 15) is 18.4 Å². The Balaban J connectivity index is 1.84. The molecule has 0 saturated carbocycles. The standard InChI is InChI=1S/C23H19F2NO4/c1-3-29-22(28)17-12(2)26-20-15-6-4-5-7-16(15)21(27)19(20)18(17)13-8-10-14(11-9-13)30-23(24)25/h4-11,18,23,26H,3H2,1-2H3/t18-/m0/s1. The summed E-state index contributed by atoms with van der Waals surface area (Å²) in [7, 11) is 0. The quantitative estimate of drug-likeness (QED) is 0.738. The van der Waals surface area contributed by atoms with Gasteiger partial charge in [-0.3, -0.25) is 4.79 Å². The maximum Gasteiger partial charge on any atom is 0.387 e. The predicted octanol–water partition coefficient (Wildman–Crippen LogP) is 4.42. The fourth-order valence-electron chi connectivity index (χ4n) is 3.98. The van der Waals surface area contributed by atoms with Crippen LogP contribution in [0.3, 0.4) is 0 Å². The highest BCUT2D eigenvalue weighted by atomic mass is 19.3. The summed E-state index contributed by atoms with van der Waals surface area (Å²) in [6.07, 6.45) is 0. The van der Waals surface area contributed by atoms with Crippen molar-refractivity contribution in [3.8, 4) is 5.75 Å². The van der Waals surface area contributed by atoms with Crippen LogP contribution in [0.15, 0.2) is 65.4 Å². The molecular formula is C23H19F2NO4. The first kappa shape index (κ1) is 19.8. The van der Waals surface area contributed by atoms with Gasteiger partial charge >= 0.3 is 12.6 Å². The number of esters is 1. The monoisotopic (exact) mass is 411 g/mol. The normalized spacial score (nSPS) is 17.6.